The number of phenolic OH excluding ortho intramolecular Hbond substituents is 1. The third-order valence-corrected chi connectivity index (χ3v) is 11.5. The van der Waals surface area contributed by atoms with Gasteiger partial charge in [-0.3, -0.25) is 9.59 Å². The summed E-state index contributed by atoms with van der Waals surface area (Å²) in [7, 11) is 1.39. The summed E-state index contributed by atoms with van der Waals surface area (Å²) in [6.07, 6.45) is 37.0. The van der Waals surface area contributed by atoms with Gasteiger partial charge in [0.1, 0.15) is 17.8 Å². The summed E-state index contributed by atoms with van der Waals surface area (Å²) in [6, 6.07) is 6.97. The highest BCUT2D eigenvalue weighted by atomic mass is 16.5. The van der Waals surface area contributed by atoms with Crippen molar-refractivity contribution in [3.05, 3.63) is 41.6 Å². The molecule has 0 aromatic heterocycles. The largest absolute Gasteiger partial charge is 0.508 e. The standard InChI is InChI=1S/C47H81NO5/c1-4-6-8-10-12-14-16-18-20-21-23-25-27-29-31-42(50)39-44-46(51)45(47(52)53-3)43(48(44)38-37-40-33-35-41(49)36-34-40)32-30-28-26-24-22-19-17-15-13-11-9-7-5-2/h33-36,39,43,45-46,49,51H,4-32,37-38H2,1-3H3/b44-39+/t43-,45?,46-/m0/s1. The second-order valence-corrected chi connectivity index (χ2v) is 16.1. The van der Waals surface area contributed by atoms with Gasteiger partial charge >= 0.3 is 5.97 Å². The lowest BCUT2D eigenvalue weighted by molar-refractivity contribution is -0.149. The van der Waals surface area contributed by atoms with Gasteiger partial charge in [0.15, 0.2) is 5.78 Å². The first-order chi connectivity index (χ1) is 25.9. The molecule has 1 fully saturated rings. The minimum atomic E-state index is -1.06. The highest BCUT2D eigenvalue weighted by molar-refractivity contribution is 5.90. The molecule has 6 heteroatoms. The number of aliphatic hydroxyl groups is 1. The maximum absolute atomic E-state index is 13.3. The van der Waals surface area contributed by atoms with Crippen LogP contribution in [0, 0.1) is 5.92 Å². The maximum atomic E-state index is 13.3. The van der Waals surface area contributed by atoms with Crippen molar-refractivity contribution in [1.29, 1.82) is 0 Å². The van der Waals surface area contributed by atoms with Gasteiger partial charge < -0.3 is 19.8 Å². The van der Waals surface area contributed by atoms with Crippen LogP contribution in [0.4, 0.5) is 0 Å². The number of rotatable bonds is 34. The Balaban J connectivity index is 1.86. The first-order valence-electron chi connectivity index (χ1n) is 22.5. The van der Waals surface area contributed by atoms with Gasteiger partial charge in [0, 0.05) is 30.8 Å². The number of ether oxygens (including phenoxy) is 1. The second kappa shape index (κ2) is 30.9. The molecular weight excluding hydrogens is 659 g/mol. The lowest BCUT2D eigenvalue weighted by atomic mass is 9.92. The fourth-order valence-corrected chi connectivity index (χ4v) is 8.18. The summed E-state index contributed by atoms with van der Waals surface area (Å²) in [4.78, 5) is 28.6. The van der Waals surface area contributed by atoms with Crippen LogP contribution in [0.25, 0.3) is 0 Å². The number of carbonyl (C=O) groups is 2. The number of carbonyl (C=O) groups excluding carboxylic acids is 2. The molecule has 0 spiro atoms. The summed E-state index contributed by atoms with van der Waals surface area (Å²) in [5, 5.41) is 21.4. The van der Waals surface area contributed by atoms with E-state index < -0.39 is 18.0 Å². The Hall–Kier alpha value is -2.34. The second-order valence-electron chi connectivity index (χ2n) is 16.1. The monoisotopic (exact) mass is 740 g/mol. The molecule has 1 aromatic rings. The average molecular weight is 740 g/mol. The summed E-state index contributed by atoms with van der Waals surface area (Å²) in [6.45, 7) is 5.12. The number of methoxy groups -OCH3 is 1. The molecule has 1 heterocycles. The van der Waals surface area contributed by atoms with Gasteiger partial charge in [-0.05, 0) is 37.0 Å². The summed E-state index contributed by atoms with van der Waals surface area (Å²) in [5.74, 6) is -0.865. The van der Waals surface area contributed by atoms with Crippen LogP contribution in [0.1, 0.15) is 206 Å². The van der Waals surface area contributed by atoms with Crippen molar-refractivity contribution in [3.63, 3.8) is 0 Å². The third kappa shape index (κ3) is 20.8. The first kappa shape index (κ1) is 46.8. The number of hydrogen-bond donors (Lipinski definition) is 2. The van der Waals surface area contributed by atoms with Gasteiger partial charge in [-0.2, -0.15) is 0 Å². The minimum Gasteiger partial charge on any atom is -0.508 e. The van der Waals surface area contributed by atoms with E-state index in [4.69, 9.17) is 4.74 Å². The summed E-state index contributed by atoms with van der Waals surface area (Å²) < 4.78 is 5.22. The van der Waals surface area contributed by atoms with Crippen LogP contribution < -0.4 is 0 Å². The number of nitrogens with zero attached hydrogens (tertiary/aromatic N) is 1. The average Bonchev–Trinajstić information content (AvgIpc) is 3.41. The Bertz CT molecular complexity index is 1080. The zero-order chi connectivity index (χ0) is 38.4. The first-order valence-corrected chi connectivity index (χ1v) is 22.5. The molecule has 2 N–H and O–H groups in total. The Morgan fingerprint density at radius 2 is 1.06 bits per heavy atom. The molecule has 1 saturated heterocycles. The molecule has 3 atom stereocenters. The van der Waals surface area contributed by atoms with Gasteiger partial charge in [-0.25, -0.2) is 0 Å². The topological polar surface area (TPSA) is 87.1 Å². The molecule has 0 aliphatic carbocycles. The molecule has 0 amide bonds. The molecule has 304 valence electrons. The van der Waals surface area contributed by atoms with E-state index >= 15 is 0 Å². The quantitative estimate of drug-likeness (QED) is 0.0416. The van der Waals surface area contributed by atoms with Crippen LogP contribution in [0.15, 0.2) is 36.0 Å². The van der Waals surface area contributed by atoms with Gasteiger partial charge in [0.25, 0.3) is 0 Å². The highest BCUT2D eigenvalue weighted by Crippen LogP contribution is 2.37. The van der Waals surface area contributed by atoms with Crippen molar-refractivity contribution < 1.29 is 24.5 Å². The van der Waals surface area contributed by atoms with Crippen LogP contribution in [0.5, 0.6) is 5.75 Å². The zero-order valence-corrected chi connectivity index (χ0v) is 34.6. The van der Waals surface area contributed by atoms with Crippen LogP contribution in [0.3, 0.4) is 0 Å². The van der Waals surface area contributed by atoms with Crippen LogP contribution >= 0.6 is 0 Å². The van der Waals surface area contributed by atoms with Crippen molar-refractivity contribution in [2.45, 2.75) is 219 Å². The molecule has 0 saturated carbocycles. The number of aromatic hydroxyl groups is 1. The van der Waals surface area contributed by atoms with E-state index in [9.17, 15) is 19.8 Å². The Kier molecular flexibility index (Phi) is 27.3. The molecule has 1 aliphatic rings. The number of allylic oxidation sites excluding steroid dienone is 1. The molecule has 0 radical (unpaired) electrons. The number of hydrogen-bond acceptors (Lipinski definition) is 6. The fraction of sp³-hybridized carbons (Fsp3) is 0.787. The van der Waals surface area contributed by atoms with Crippen molar-refractivity contribution in [2.75, 3.05) is 13.7 Å². The van der Waals surface area contributed by atoms with Gasteiger partial charge in [0.2, 0.25) is 0 Å². The zero-order valence-electron chi connectivity index (χ0n) is 34.6. The molecule has 1 aliphatic heterocycles. The summed E-state index contributed by atoms with van der Waals surface area (Å²) in [5.41, 5.74) is 1.63. The fourth-order valence-electron chi connectivity index (χ4n) is 8.18. The van der Waals surface area contributed by atoms with Crippen LogP contribution in [0.2, 0.25) is 0 Å². The maximum Gasteiger partial charge on any atom is 0.313 e. The predicted molar refractivity (Wildman–Crippen MR) is 222 cm³/mol. The van der Waals surface area contributed by atoms with E-state index in [0.717, 1.165) is 44.1 Å². The predicted octanol–water partition coefficient (Wildman–Crippen LogP) is 12.6. The van der Waals surface area contributed by atoms with Crippen LogP contribution in [-0.2, 0) is 20.7 Å². The molecule has 6 nitrogen and oxygen atoms in total. The van der Waals surface area contributed by atoms with Gasteiger partial charge in [-0.15, -0.1) is 0 Å². The number of unbranched alkanes of at least 4 members (excludes halogenated alkanes) is 25. The van der Waals surface area contributed by atoms with Gasteiger partial charge in [0.05, 0.1) is 7.11 Å². The van der Waals surface area contributed by atoms with Crippen LogP contribution in [-0.4, -0.2) is 52.7 Å². The van der Waals surface area contributed by atoms with Crippen molar-refractivity contribution >= 4 is 11.8 Å². The third-order valence-electron chi connectivity index (χ3n) is 11.5. The smallest absolute Gasteiger partial charge is 0.313 e. The number of aliphatic hydroxyl groups excluding tert-OH is 1. The van der Waals surface area contributed by atoms with E-state index in [0.29, 0.717) is 25.1 Å². The minimum absolute atomic E-state index is 0.0258. The van der Waals surface area contributed by atoms with E-state index in [-0.39, 0.29) is 17.6 Å². The Labute approximate surface area is 325 Å². The number of likely N-dealkylation sites (tertiary alicyclic amines) is 1. The number of phenols is 1. The van der Waals surface area contributed by atoms with E-state index in [1.807, 2.05) is 12.1 Å². The van der Waals surface area contributed by atoms with E-state index in [2.05, 4.69) is 18.7 Å². The van der Waals surface area contributed by atoms with Crippen molar-refractivity contribution in [3.8, 4) is 5.75 Å². The SMILES string of the molecule is CCCCCCCCCCCCCCCCC(=O)/C=C1\[C@H](O)C(C(=O)OC)[C@H](CCCCCCCCCCCCCCC)N1CCc1ccc(O)cc1. The Morgan fingerprint density at radius 3 is 1.49 bits per heavy atom. The Morgan fingerprint density at radius 1 is 0.642 bits per heavy atom. The van der Waals surface area contributed by atoms with E-state index in [1.54, 1.807) is 18.2 Å². The molecule has 1 aromatic carbocycles. The number of benzene rings is 1. The summed E-state index contributed by atoms with van der Waals surface area (Å²) >= 11 is 0. The highest BCUT2D eigenvalue weighted by Gasteiger charge is 2.48. The van der Waals surface area contributed by atoms with Crippen molar-refractivity contribution in [1.82, 2.24) is 4.90 Å². The van der Waals surface area contributed by atoms with Crippen molar-refractivity contribution in [2.24, 2.45) is 5.92 Å². The lowest BCUT2D eigenvalue weighted by Crippen LogP contribution is -2.38. The molecule has 53 heavy (non-hydrogen) atoms. The van der Waals surface area contributed by atoms with Gasteiger partial charge in [-0.1, -0.05) is 193 Å². The molecular formula is C47H81NO5. The number of ketones is 1. The lowest BCUT2D eigenvalue weighted by Gasteiger charge is -2.29. The number of esters is 1. The molecule has 1 unspecified atom stereocenters. The molecule has 2 rings (SSSR count). The van der Waals surface area contributed by atoms with E-state index in [1.165, 1.54) is 148 Å². The normalized spacial score (nSPS) is 17.9. The molecule has 0 bridgehead atoms.